The Hall–Kier alpha value is -2.17. The highest BCUT2D eigenvalue weighted by atomic mass is 15.2. The maximum atomic E-state index is 4.50. The van der Waals surface area contributed by atoms with Gasteiger partial charge in [0.15, 0.2) is 0 Å². The third-order valence-electron chi connectivity index (χ3n) is 3.79. The number of hydrogen-bond donors (Lipinski definition) is 2. The molecule has 1 aromatic carbocycles. The zero-order valence-corrected chi connectivity index (χ0v) is 14.6. The fourth-order valence-corrected chi connectivity index (χ4v) is 2.38. The first-order chi connectivity index (χ1) is 11.1. The predicted molar refractivity (Wildman–Crippen MR) is 96.3 cm³/mol. The lowest BCUT2D eigenvalue weighted by Crippen LogP contribution is -2.20. The average molecular weight is 313 g/mol. The van der Waals surface area contributed by atoms with Crippen LogP contribution < -0.4 is 10.6 Å². The van der Waals surface area contributed by atoms with Crippen molar-refractivity contribution < 1.29 is 0 Å². The van der Waals surface area contributed by atoms with Gasteiger partial charge in [0, 0.05) is 11.7 Å². The summed E-state index contributed by atoms with van der Waals surface area (Å²) in [5, 5.41) is 6.68. The van der Waals surface area contributed by atoms with E-state index >= 15 is 0 Å². The van der Waals surface area contributed by atoms with Gasteiger partial charge in [0.1, 0.15) is 5.82 Å². The normalized spacial score (nSPS) is 12.0. The van der Waals surface area contributed by atoms with Crippen LogP contribution in [0.2, 0.25) is 0 Å². The van der Waals surface area contributed by atoms with Crippen molar-refractivity contribution in [1.82, 2.24) is 15.0 Å². The van der Waals surface area contributed by atoms with E-state index in [-0.39, 0.29) is 0 Å². The lowest BCUT2D eigenvalue weighted by atomic mass is 10.1. The molecule has 5 nitrogen and oxygen atoms in total. The molecule has 2 rings (SSSR count). The van der Waals surface area contributed by atoms with Crippen molar-refractivity contribution >= 4 is 17.6 Å². The van der Waals surface area contributed by atoms with E-state index in [0.29, 0.717) is 23.8 Å². The Kier molecular flexibility index (Phi) is 6.32. The SMILES string of the molecule is CCCC[C@H](CC)Nc1nc(C)nc(Nc2ccc(C)cc2)n1. The molecule has 0 radical (unpaired) electrons. The fourth-order valence-electron chi connectivity index (χ4n) is 2.38. The van der Waals surface area contributed by atoms with E-state index in [1.165, 1.54) is 18.4 Å². The van der Waals surface area contributed by atoms with E-state index in [1.807, 2.05) is 19.1 Å². The molecule has 5 heteroatoms. The van der Waals surface area contributed by atoms with E-state index in [9.17, 15) is 0 Å². The standard InChI is InChI=1S/C18H27N5/c1-5-7-8-15(6-2)21-17-19-14(4)20-18(23-17)22-16-11-9-13(3)10-12-16/h9-12,15H,5-8H2,1-4H3,(H2,19,20,21,22,23)/t15-/m0/s1. The summed E-state index contributed by atoms with van der Waals surface area (Å²) in [5.41, 5.74) is 2.21. The van der Waals surface area contributed by atoms with Crippen LogP contribution in [-0.4, -0.2) is 21.0 Å². The summed E-state index contributed by atoms with van der Waals surface area (Å²) in [6.07, 6.45) is 4.61. The van der Waals surface area contributed by atoms with E-state index in [2.05, 4.69) is 58.5 Å². The highest BCUT2D eigenvalue weighted by molar-refractivity contribution is 5.54. The summed E-state index contributed by atoms with van der Waals surface area (Å²) in [6, 6.07) is 8.58. The number of nitrogens with zero attached hydrogens (tertiary/aromatic N) is 3. The molecule has 0 fully saturated rings. The Morgan fingerprint density at radius 2 is 1.65 bits per heavy atom. The Morgan fingerprint density at radius 3 is 2.30 bits per heavy atom. The maximum absolute atomic E-state index is 4.50. The topological polar surface area (TPSA) is 62.7 Å². The highest BCUT2D eigenvalue weighted by Crippen LogP contribution is 2.16. The molecule has 124 valence electrons. The third-order valence-corrected chi connectivity index (χ3v) is 3.79. The number of anilines is 3. The maximum Gasteiger partial charge on any atom is 0.232 e. The molecule has 1 heterocycles. The molecular formula is C18H27N5. The molecule has 2 N–H and O–H groups in total. The molecule has 23 heavy (non-hydrogen) atoms. The molecule has 0 aliphatic carbocycles. The molecule has 1 atom stereocenters. The minimum atomic E-state index is 0.406. The summed E-state index contributed by atoms with van der Waals surface area (Å²) in [5.74, 6) is 1.94. The van der Waals surface area contributed by atoms with Crippen LogP contribution in [0.5, 0.6) is 0 Å². The van der Waals surface area contributed by atoms with Crippen LogP contribution in [0.25, 0.3) is 0 Å². The molecular weight excluding hydrogens is 286 g/mol. The zero-order valence-electron chi connectivity index (χ0n) is 14.6. The van der Waals surface area contributed by atoms with Gasteiger partial charge in [0.2, 0.25) is 11.9 Å². The first kappa shape index (κ1) is 17.2. The highest BCUT2D eigenvalue weighted by Gasteiger charge is 2.10. The van der Waals surface area contributed by atoms with Gasteiger partial charge in [0.05, 0.1) is 0 Å². The van der Waals surface area contributed by atoms with Crippen LogP contribution in [0.3, 0.4) is 0 Å². The Labute approximate surface area is 139 Å². The largest absolute Gasteiger partial charge is 0.351 e. The Bertz CT molecular complexity index is 609. The van der Waals surface area contributed by atoms with Gasteiger partial charge >= 0.3 is 0 Å². The molecule has 1 aromatic heterocycles. The van der Waals surface area contributed by atoms with Crippen molar-refractivity contribution in [2.45, 2.75) is 59.4 Å². The number of rotatable bonds is 8. The van der Waals surface area contributed by atoms with Crippen molar-refractivity contribution in [2.75, 3.05) is 10.6 Å². The van der Waals surface area contributed by atoms with E-state index in [4.69, 9.17) is 0 Å². The third kappa shape index (κ3) is 5.51. The van der Waals surface area contributed by atoms with Crippen LogP contribution in [0.4, 0.5) is 17.6 Å². The molecule has 0 aliphatic rings. The van der Waals surface area contributed by atoms with Crippen LogP contribution >= 0.6 is 0 Å². The first-order valence-corrected chi connectivity index (χ1v) is 8.43. The van der Waals surface area contributed by atoms with Crippen molar-refractivity contribution in [1.29, 1.82) is 0 Å². The summed E-state index contributed by atoms with van der Waals surface area (Å²) in [6.45, 7) is 8.36. The molecule has 0 saturated heterocycles. The first-order valence-electron chi connectivity index (χ1n) is 8.43. The van der Waals surface area contributed by atoms with Crippen molar-refractivity contribution in [3.8, 4) is 0 Å². The van der Waals surface area contributed by atoms with Crippen LogP contribution in [-0.2, 0) is 0 Å². The second-order valence-corrected chi connectivity index (χ2v) is 5.91. The Balaban J connectivity index is 2.09. The van der Waals surface area contributed by atoms with Crippen molar-refractivity contribution in [2.24, 2.45) is 0 Å². The number of hydrogen-bond acceptors (Lipinski definition) is 5. The second kappa shape index (κ2) is 8.46. The molecule has 2 aromatic rings. The van der Waals surface area contributed by atoms with Gasteiger partial charge in [-0.1, -0.05) is 44.4 Å². The van der Waals surface area contributed by atoms with Crippen LogP contribution in [0.1, 0.15) is 50.9 Å². The summed E-state index contributed by atoms with van der Waals surface area (Å²) < 4.78 is 0. The second-order valence-electron chi connectivity index (χ2n) is 5.91. The van der Waals surface area contributed by atoms with Crippen molar-refractivity contribution in [3.63, 3.8) is 0 Å². The molecule has 0 saturated carbocycles. The molecule has 0 bridgehead atoms. The molecule has 0 unspecified atom stereocenters. The monoisotopic (exact) mass is 313 g/mol. The van der Waals surface area contributed by atoms with Gasteiger partial charge in [-0.05, 0) is 38.8 Å². The fraction of sp³-hybridized carbons (Fsp3) is 0.500. The van der Waals surface area contributed by atoms with Crippen molar-refractivity contribution in [3.05, 3.63) is 35.7 Å². The van der Waals surface area contributed by atoms with Gasteiger partial charge in [-0.15, -0.1) is 0 Å². The quantitative estimate of drug-likeness (QED) is 0.745. The molecule has 0 spiro atoms. The number of aromatic nitrogens is 3. The summed E-state index contributed by atoms with van der Waals surface area (Å²) in [4.78, 5) is 13.3. The minimum Gasteiger partial charge on any atom is -0.351 e. The number of aryl methyl sites for hydroxylation is 2. The van der Waals surface area contributed by atoms with Gasteiger partial charge in [-0.3, -0.25) is 0 Å². The van der Waals surface area contributed by atoms with Gasteiger partial charge in [-0.25, -0.2) is 0 Å². The zero-order chi connectivity index (χ0) is 16.7. The summed E-state index contributed by atoms with van der Waals surface area (Å²) >= 11 is 0. The molecule has 0 aliphatic heterocycles. The lowest BCUT2D eigenvalue weighted by molar-refractivity contribution is 0.589. The number of nitrogens with one attached hydrogen (secondary N) is 2. The van der Waals surface area contributed by atoms with Gasteiger partial charge in [-0.2, -0.15) is 15.0 Å². The molecule has 0 amide bonds. The van der Waals surface area contributed by atoms with E-state index in [1.54, 1.807) is 0 Å². The number of benzene rings is 1. The Morgan fingerprint density at radius 1 is 0.957 bits per heavy atom. The van der Waals surface area contributed by atoms with E-state index in [0.717, 1.165) is 18.5 Å². The summed E-state index contributed by atoms with van der Waals surface area (Å²) in [7, 11) is 0. The van der Waals surface area contributed by atoms with Gasteiger partial charge < -0.3 is 10.6 Å². The number of unbranched alkanes of at least 4 members (excludes halogenated alkanes) is 1. The minimum absolute atomic E-state index is 0.406. The lowest BCUT2D eigenvalue weighted by Gasteiger charge is -2.17. The van der Waals surface area contributed by atoms with Crippen LogP contribution in [0, 0.1) is 13.8 Å². The predicted octanol–water partition coefficient (Wildman–Crippen LogP) is 4.61. The average Bonchev–Trinajstić information content (AvgIpc) is 2.53. The van der Waals surface area contributed by atoms with E-state index < -0.39 is 0 Å². The van der Waals surface area contributed by atoms with Crippen LogP contribution in [0.15, 0.2) is 24.3 Å². The van der Waals surface area contributed by atoms with Gasteiger partial charge in [0.25, 0.3) is 0 Å². The smallest absolute Gasteiger partial charge is 0.232 e.